The van der Waals surface area contributed by atoms with E-state index in [-0.39, 0.29) is 17.9 Å². The molecule has 0 rings (SSSR count). The van der Waals surface area contributed by atoms with E-state index < -0.39 is 36.1 Å². The van der Waals surface area contributed by atoms with Crippen molar-refractivity contribution in [3.05, 3.63) is 0 Å². The van der Waals surface area contributed by atoms with Crippen LogP contribution in [0.2, 0.25) is 0 Å². The van der Waals surface area contributed by atoms with Crippen molar-refractivity contribution in [2.75, 3.05) is 17.3 Å². The minimum absolute atomic E-state index is 0.0463. The van der Waals surface area contributed by atoms with Gasteiger partial charge in [-0.15, -0.1) is 0 Å². The molecule has 8 heteroatoms. The van der Waals surface area contributed by atoms with E-state index in [2.05, 4.69) is 0 Å². The highest BCUT2D eigenvalue weighted by molar-refractivity contribution is 7.93. The Morgan fingerprint density at radius 1 is 1.12 bits per heavy atom. The standard InChI is InChI=1S/C9H18O6S2/c1-4-16(12,13)6-5-7-17(14,15)9(2,3)8(10)11/h4-7H2,1-3H3,(H,10,11). The number of hydrogen-bond donors (Lipinski definition) is 1. The summed E-state index contributed by atoms with van der Waals surface area (Å²) in [7, 11) is -7.07. The molecule has 0 spiro atoms. The Morgan fingerprint density at radius 3 is 1.94 bits per heavy atom. The topological polar surface area (TPSA) is 106 Å². The van der Waals surface area contributed by atoms with E-state index >= 15 is 0 Å². The molecule has 6 nitrogen and oxygen atoms in total. The normalized spacial score (nSPS) is 13.6. The third kappa shape index (κ3) is 4.27. The second-order valence-corrected chi connectivity index (χ2v) is 9.36. The molecule has 0 saturated heterocycles. The van der Waals surface area contributed by atoms with Crippen LogP contribution in [0, 0.1) is 0 Å². The highest BCUT2D eigenvalue weighted by Crippen LogP contribution is 2.18. The summed E-state index contributed by atoms with van der Waals surface area (Å²) in [6, 6.07) is 0. The molecule has 0 amide bonds. The molecular formula is C9H18O6S2. The van der Waals surface area contributed by atoms with E-state index in [1.807, 2.05) is 0 Å². The number of aliphatic carboxylic acids is 1. The molecule has 0 aliphatic heterocycles. The van der Waals surface area contributed by atoms with Gasteiger partial charge in [0.15, 0.2) is 14.6 Å². The summed E-state index contributed by atoms with van der Waals surface area (Å²) in [5, 5.41) is 8.78. The summed E-state index contributed by atoms with van der Waals surface area (Å²) in [5.74, 6) is -2.16. The van der Waals surface area contributed by atoms with Crippen molar-refractivity contribution in [1.29, 1.82) is 0 Å². The lowest BCUT2D eigenvalue weighted by Crippen LogP contribution is -2.42. The molecular weight excluding hydrogens is 268 g/mol. The number of carboxylic acids is 1. The molecule has 0 aliphatic rings. The number of carbonyl (C=O) groups is 1. The smallest absolute Gasteiger partial charge is 0.324 e. The first kappa shape index (κ1) is 16.4. The SMILES string of the molecule is CCS(=O)(=O)CCCS(=O)(=O)C(C)(C)C(=O)O. The number of carboxylic acid groups (broad SMARTS) is 1. The van der Waals surface area contributed by atoms with Gasteiger partial charge < -0.3 is 5.11 Å². The average Bonchev–Trinajstić information content (AvgIpc) is 2.16. The van der Waals surface area contributed by atoms with Gasteiger partial charge in [-0.1, -0.05) is 6.92 Å². The van der Waals surface area contributed by atoms with Crippen LogP contribution in [0.3, 0.4) is 0 Å². The summed E-state index contributed by atoms with van der Waals surface area (Å²) < 4.78 is 43.8. The van der Waals surface area contributed by atoms with Crippen LogP contribution in [0.4, 0.5) is 0 Å². The van der Waals surface area contributed by atoms with Gasteiger partial charge in [0, 0.05) is 5.75 Å². The lowest BCUT2D eigenvalue weighted by atomic mass is 10.2. The van der Waals surface area contributed by atoms with Gasteiger partial charge in [0.2, 0.25) is 0 Å². The minimum Gasteiger partial charge on any atom is -0.480 e. The molecule has 0 saturated carbocycles. The van der Waals surface area contributed by atoms with Crippen LogP contribution in [0.25, 0.3) is 0 Å². The highest BCUT2D eigenvalue weighted by Gasteiger charge is 2.41. The van der Waals surface area contributed by atoms with Crippen molar-refractivity contribution >= 4 is 25.6 Å². The van der Waals surface area contributed by atoms with Crippen LogP contribution in [0.15, 0.2) is 0 Å². The van der Waals surface area contributed by atoms with Gasteiger partial charge in [-0.3, -0.25) is 4.79 Å². The van der Waals surface area contributed by atoms with Crippen molar-refractivity contribution in [1.82, 2.24) is 0 Å². The fourth-order valence-corrected chi connectivity index (χ4v) is 3.36. The zero-order valence-corrected chi connectivity index (χ0v) is 11.8. The zero-order chi connectivity index (χ0) is 13.9. The van der Waals surface area contributed by atoms with Crippen LogP contribution >= 0.6 is 0 Å². The fourth-order valence-electron chi connectivity index (χ4n) is 1.00. The Hall–Kier alpha value is -0.630. The summed E-state index contributed by atoms with van der Waals surface area (Å²) in [6.07, 6.45) is -0.0742. The van der Waals surface area contributed by atoms with E-state index in [0.29, 0.717) is 0 Å². The quantitative estimate of drug-likeness (QED) is 0.711. The average molecular weight is 286 g/mol. The third-order valence-corrected chi connectivity index (χ3v) is 6.95. The Kier molecular flexibility index (Phi) is 5.15. The first-order chi connectivity index (χ1) is 7.46. The van der Waals surface area contributed by atoms with E-state index in [1.165, 1.54) is 6.92 Å². The van der Waals surface area contributed by atoms with Crippen molar-refractivity contribution in [3.8, 4) is 0 Å². The van der Waals surface area contributed by atoms with Crippen LogP contribution < -0.4 is 0 Å². The van der Waals surface area contributed by atoms with Crippen LogP contribution in [0.1, 0.15) is 27.2 Å². The Labute approximate surface area is 102 Å². The molecule has 0 atom stereocenters. The van der Waals surface area contributed by atoms with E-state index in [1.54, 1.807) is 0 Å². The molecule has 0 bridgehead atoms. The second kappa shape index (κ2) is 5.34. The monoisotopic (exact) mass is 286 g/mol. The molecule has 0 radical (unpaired) electrons. The van der Waals surface area contributed by atoms with Crippen molar-refractivity contribution in [2.45, 2.75) is 31.9 Å². The number of hydrogen-bond acceptors (Lipinski definition) is 5. The number of sulfone groups is 2. The van der Waals surface area contributed by atoms with Crippen LogP contribution in [0.5, 0.6) is 0 Å². The molecule has 0 aromatic rings. The second-order valence-electron chi connectivity index (χ2n) is 4.22. The molecule has 0 fully saturated rings. The molecule has 0 aromatic carbocycles. The molecule has 0 aliphatic carbocycles. The molecule has 0 unspecified atom stereocenters. The summed E-state index contributed by atoms with van der Waals surface area (Å²) in [4.78, 5) is 10.8. The third-order valence-electron chi connectivity index (χ3n) is 2.60. The lowest BCUT2D eigenvalue weighted by molar-refractivity contribution is -0.139. The van der Waals surface area contributed by atoms with Gasteiger partial charge in [0.1, 0.15) is 9.84 Å². The number of rotatable bonds is 7. The van der Waals surface area contributed by atoms with Crippen LogP contribution in [-0.4, -0.2) is 49.9 Å². The molecule has 0 heterocycles. The van der Waals surface area contributed by atoms with E-state index in [0.717, 1.165) is 13.8 Å². The van der Waals surface area contributed by atoms with Crippen LogP contribution in [-0.2, 0) is 24.5 Å². The summed E-state index contributed by atoms with van der Waals surface area (Å²) >= 11 is 0. The first-order valence-corrected chi connectivity index (χ1v) is 8.60. The first-order valence-electron chi connectivity index (χ1n) is 5.12. The maximum absolute atomic E-state index is 11.7. The largest absolute Gasteiger partial charge is 0.480 e. The van der Waals surface area contributed by atoms with Gasteiger partial charge in [-0.25, -0.2) is 16.8 Å². The Balaban J connectivity index is 4.67. The summed E-state index contributed by atoms with van der Waals surface area (Å²) in [6.45, 7) is 3.67. The molecule has 102 valence electrons. The summed E-state index contributed by atoms with van der Waals surface area (Å²) in [5.41, 5.74) is 0. The maximum atomic E-state index is 11.7. The van der Waals surface area contributed by atoms with Crippen molar-refractivity contribution in [3.63, 3.8) is 0 Å². The van der Waals surface area contributed by atoms with Gasteiger partial charge in [0.25, 0.3) is 0 Å². The van der Waals surface area contributed by atoms with Crippen molar-refractivity contribution < 1.29 is 26.7 Å². The van der Waals surface area contributed by atoms with Gasteiger partial charge in [-0.2, -0.15) is 0 Å². The zero-order valence-electron chi connectivity index (χ0n) is 10.1. The predicted molar refractivity (Wildman–Crippen MR) is 64.4 cm³/mol. The maximum Gasteiger partial charge on any atom is 0.324 e. The van der Waals surface area contributed by atoms with Gasteiger partial charge in [-0.05, 0) is 20.3 Å². The highest BCUT2D eigenvalue weighted by atomic mass is 32.2. The Bertz CT molecular complexity index is 472. The minimum atomic E-state index is -3.85. The van der Waals surface area contributed by atoms with E-state index in [9.17, 15) is 21.6 Å². The lowest BCUT2D eigenvalue weighted by Gasteiger charge is -2.19. The molecule has 0 aromatic heterocycles. The fraction of sp³-hybridized carbons (Fsp3) is 0.889. The van der Waals surface area contributed by atoms with E-state index in [4.69, 9.17) is 5.11 Å². The molecule has 1 N–H and O–H groups in total. The van der Waals surface area contributed by atoms with Gasteiger partial charge >= 0.3 is 5.97 Å². The predicted octanol–water partition coefficient (Wildman–Crippen LogP) is 0.0892. The van der Waals surface area contributed by atoms with Crippen molar-refractivity contribution in [2.24, 2.45) is 0 Å². The van der Waals surface area contributed by atoms with Gasteiger partial charge in [0.05, 0.1) is 11.5 Å². The molecule has 17 heavy (non-hydrogen) atoms. The Morgan fingerprint density at radius 2 is 1.59 bits per heavy atom.